The van der Waals surface area contributed by atoms with Crippen LogP contribution in [0.15, 0.2) is 18.3 Å². The molecule has 0 bridgehead atoms. The lowest BCUT2D eigenvalue weighted by atomic mass is 10.1. The molecule has 0 aliphatic rings. The van der Waals surface area contributed by atoms with Crippen LogP contribution in [0.2, 0.25) is 0 Å². The molecule has 0 amide bonds. The van der Waals surface area contributed by atoms with Gasteiger partial charge in [0.25, 0.3) is 0 Å². The third-order valence-electron chi connectivity index (χ3n) is 2.30. The van der Waals surface area contributed by atoms with E-state index in [0.29, 0.717) is 6.61 Å². The zero-order valence-electron chi connectivity index (χ0n) is 9.79. The lowest BCUT2D eigenvalue weighted by Crippen LogP contribution is -2.22. The van der Waals surface area contributed by atoms with Crippen LogP contribution in [0.3, 0.4) is 0 Å². The predicted molar refractivity (Wildman–Crippen MR) is 61.9 cm³/mol. The Morgan fingerprint density at radius 2 is 2.33 bits per heavy atom. The van der Waals surface area contributed by atoms with E-state index in [1.165, 1.54) is 5.56 Å². The van der Waals surface area contributed by atoms with Crippen LogP contribution in [0.4, 0.5) is 0 Å². The van der Waals surface area contributed by atoms with Crippen molar-refractivity contribution in [3.8, 4) is 0 Å². The van der Waals surface area contributed by atoms with Gasteiger partial charge < -0.3 is 10.1 Å². The maximum absolute atomic E-state index is 5.55. The Hall–Kier alpha value is -0.930. The van der Waals surface area contributed by atoms with Crippen molar-refractivity contribution >= 4 is 0 Å². The standard InChI is InChI=1S/C12H20N2O/c1-4-7-15-9-12(13-3)11-5-6-14-10(2)8-11/h5-6,8,12-13H,4,7,9H2,1-3H3. The summed E-state index contributed by atoms with van der Waals surface area (Å²) in [5.41, 5.74) is 2.28. The van der Waals surface area contributed by atoms with Gasteiger partial charge in [0.15, 0.2) is 0 Å². The summed E-state index contributed by atoms with van der Waals surface area (Å²) in [5.74, 6) is 0. The third kappa shape index (κ3) is 3.98. The molecule has 1 atom stereocenters. The Morgan fingerprint density at radius 1 is 1.53 bits per heavy atom. The van der Waals surface area contributed by atoms with Gasteiger partial charge in [-0.1, -0.05) is 6.92 Å². The van der Waals surface area contributed by atoms with Crippen LogP contribution < -0.4 is 5.32 Å². The van der Waals surface area contributed by atoms with Gasteiger partial charge in [-0.15, -0.1) is 0 Å². The van der Waals surface area contributed by atoms with Crippen molar-refractivity contribution in [2.75, 3.05) is 20.3 Å². The zero-order valence-corrected chi connectivity index (χ0v) is 9.79. The SMILES string of the molecule is CCCOCC(NC)c1ccnc(C)c1. The molecule has 84 valence electrons. The van der Waals surface area contributed by atoms with Gasteiger partial charge in [0.2, 0.25) is 0 Å². The van der Waals surface area contributed by atoms with Crippen molar-refractivity contribution in [2.45, 2.75) is 26.3 Å². The number of nitrogens with zero attached hydrogens (tertiary/aromatic N) is 1. The molecule has 3 nitrogen and oxygen atoms in total. The molecule has 0 saturated carbocycles. The first-order valence-electron chi connectivity index (χ1n) is 5.45. The Morgan fingerprint density at radius 3 is 2.93 bits per heavy atom. The average Bonchev–Trinajstić information content (AvgIpc) is 2.24. The molecule has 1 heterocycles. The number of likely N-dealkylation sites (N-methyl/N-ethyl adjacent to an activating group) is 1. The van der Waals surface area contributed by atoms with Gasteiger partial charge in [0, 0.05) is 18.5 Å². The second-order valence-electron chi connectivity index (χ2n) is 3.65. The van der Waals surface area contributed by atoms with Gasteiger partial charge >= 0.3 is 0 Å². The molecule has 1 aromatic rings. The number of hydrogen-bond acceptors (Lipinski definition) is 3. The first-order chi connectivity index (χ1) is 7.27. The van der Waals surface area contributed by atoms with Crippen LogP contribution in [0.5, 0.6) is 0 Å². The Kier molecular flexibility index (Phi) is 5.29. The van der Waals surface area contributed by atoms with Crippen LogP contribution in [0.25, 0.3) is 0 Å². The molecule has 1 unspecified atom stereocenters. The summed E-state index contributed by atoms with van der Waals surface area (Å²) < 4.78 is 5.55. The summed E-state index contributed by atoms with van der Waals surface area (Å²) >= 11 is 0. The fraction of sp³-hybridized carbons (Fsp3) is 0.583. The summed E-state index contributed by atoms with van der Waals surface area (Å²) in [7, 11) is 1.95. The van der Waals surface area contributed by atoms with Crippen molar-refractivity contribution < 1.29 is 4.74 Å². The lowest BCUT2D eigenvalue weighted by Gasteiger charge is -2.16. The highest BCUT2D eigenvalue weighted by atomic mass is 16.5. The van der Waals surface area contributed by atoms with E-state index in [2.05, 4.69) is 23.3 Å². The fourth-order valence-electron chi connectivity index (χ4n) is 1.48. The van der Waals surface area contributed by atoms with E-state index >= 15 is 0 Å². The number of rotatable bonds is 6. The summed E-state index contributed by atoms with van der Waals surface area (Å²) in [5, 5.41) is 3.25. The maximum atomic E-state index is 5.55. The number of hydrogen-bond donors (Lipinski definition) is 1. The molecule has 0 spiro atoms. The Labute approximate surface area is 91.9 Å². The molecule has 3 heteroatoms. The molecule has 0 aliphatic heterocycles. The number of aromatic nitrogens is 1. The van der Waals surface area contributed by atoms with Gasteiger partial charge in [-0.2, -0.15) is 0 Å². The molecule has 0 radical (unpaired) electrons. The van der Waals surface area contributed by atoms with E-state index in [4.69, 9.17) is 4.74 Å². The molecule has 0 saturated heterocycles. The highest BCUT2D eigenvalue weighted by Gasteiger charge is 2.08. The van der Waals surface area contributed by atoms with Crippen molar-refractivity contribution in [1.29, 1.82) is 0 Å². The minimum Gasteiger partial charge on any atom is -0.379 e. The highest BCUT2D eigenvalue weighted by molar-refractivity contribution is 5.19. The number of nitrogens with one attached hydrogen (secondary N) is 1. The fourth-order valence-corrected chi connectivity index (χ4v) is 1.48. The van der Waals surface area contributed by atoms with Crippen molar-refractivity contribution in [2.24, 2.45) is 0 Å². The first-order valence-corrected chi connectivity index (χ1v) is 5.45. The first kappa shape index (κ1) is 12.1. The molecule has 0 aromatic carbocycles. The summed E-state index contributed by atoms with van der Waals surface area (Å²) in [6.07, 6.45) is 2.90. The minimum absolute atomic E-state index is 0.262. The predicted octanol–water partition coefficient (Wildman–Crippen LogP) is 2.08. The van der Waals surface area contributed by atoms with Gasteiger partial charge in [0.05, 0.1) is 12.6 Å². The van der Waals surface area contributed by atoms with Crippen LogP contribution in [0, 0.1) is 6.92 Å². The molecular weight excluding hydrogens is 188 g/mol. The Bertz CT molecular complexity index is 289. The van der Waals surface area contributed by atoms with E-state index < -0.39 is 0 Å². The average molecular weight is 208 g/mol. The van der Waals surface area contributed by atoms with Crippen molar-refractivity contribution in [3.05, 3.63) is 29.6 Å². The smallest absolute Gasteiger partial charge is 0.0661 e. The number of aryl methyl sites for hydroxylation is 1. The summed E-state index contributed by atoms with van der Waals surface area (Å²) in [6, 6.07) is 4.39. The normalized spacial score (nSPS) is 12.7. The minimum atomic E-state index is 0.262. The number of pyridine rings is 1. The topological polar surface area (TPSA) is 34.1 Å². The van der Waals surface area contributed by atoms with Crippen LogP contribution in [-0.2, 0) is 4.74 Å². The van der Waals surface area contributed by atoms with Gasteiger partial charge in [-0.3, -0.25) is 4.98 Å². The van der Waals surface area contributed by atoms with E-state index in [9.17, 15) is 0 Å². The van der Waals surface area contributed by atoms with Gasteiger partial charge in [-0.05, 0) is 38.1 Å². The summed E-state index contributed by atoms with van der Waals surface area (Å²) in [4.78, 5) is 4.18. The van der Waals surface area contributed by atoms with E-state index in [-0.39, 0.29) is 6.04 Å². The van der Waals surface area contributed by atoms with Crippen molar-refractivity contribution in [3.63, 3.8) is 0 Å². The number of ether oxygens (including phenoxy) is 1. The molecule has 15 heavy (non-hydrogen) atoms. The van der Waals surface area contributed by atoms with Gasteiger partial charge in [-0.25, -0.2) is 0 Å². The second kappa shape index (κ2) is 6.53. The molecular formula is C12H20N2O. The van der Waals surface area contributed by atoms with E-state index in [1.807, 2.05) is 26.2 Å². The maximum Gasteiger partial charge on any atom is 0.0661 e. The van der Waals surface area contributed by atoms with E-state index in [0.717, 1.165) is 18.7 Å². The summed E-state index contributed by atoms with van der Waals surface area (Å²) in [6.45, 7) is 5.66. The molecule has 0 aliphatic carbocycles. The molecule has 1 aromatic heterocycles. The highest BCUT2D eigenvalue weighted by Crippen LogP contribution is 2.13. The Balaban J connectivity index is 2.57. The van der Waals surface area contributed by atoms with Crippen LogP contribution in [0.1, 0.15) is 30.6 Å². The second-order valence-corrected chi connectivity index (χ2v) is 3.65. The molecule has 1 N–H and O–H groups in total. The third-order valence-corrected chi connectivity index (χ3v) is 2.30. The van der Waals surface area contributed by atoms with E-state index in [1.54, 1.807) is 0 Å². The quantitative estimate of drug-likeness (QED) is 0.727. The monoisotopic (exact) mass is 208 g/mol. The van der Waals surface area contributed by atoms with Crippen LogP contribution >= 0.6 is 0 Å². The van der Waals surface area contributed by atoms with Gasteiger partial charge in [0.1, 0.15) is 0 Å². The molecule has 1 rings (SSSR count). The zero-order chi connectivity index (χ0) is 11.1. The lowest BCUT2D eigenvalue weighted by molar-refractivity contribution is 0.114. The largest absolute Gasteiger partial charge is 0.379 e. The molecule has 0 fully saturated rings. The van der Waals surface area contributed by atoms with Crippen molar-refractivity contribution in [1.82, 2.24) is 10.3 Å². The van der Waals surface area contributed by atoms with Crippen LogP contribution in [-0.4, -0.2) is 25.2 Å².